The van der Waals surface area contributed by atoms with Gasteiger partial charge in [-0.1, -0.05) is 12.0 Å². The van der Waals surface area contributed by atoms with Crippen LogP contribution in [0.15, 0.2) is 30.5 Å². The number of alkyl halides is 1. The van der Waals surface area contributed by atoms with E-state index in [1.54, 1.807) is 0 Å². The molecule has 8 rings (SSSR count). The molecule has 4 aromatic rings. The highest BCUT2D eigenvalue weighted by molar-refractivity contribution is 6.03. The van der Waals surface area contributed by atoms with Crippen molar-refractivity contribution >= 4 is 33.4 Å². The van der Waals surface area contributed by atoms with Crippen LogP contribution in [0, 0.1) is 24.0 Å². The van der Waals surface area contributed by atoms with Crippen LogP contribution in [-0.2, 0) is 4.79 Å². The molecule has 6 heterocycles. The third-order valence-corrected chi connectivity index (χ3v) is 10.1. The number of aromatic hydroxyl groups is 1. The standard InChI is InChI=1S/C34H31F3N6O3/c1-2-22-25(36)6-5-19-11-21(44)12-23(27(19)22)29-28(37)30-24(15-38-29)31(42-9-3-7-33(17-42)14-26(45)41-33)40-32(39-30)46-18-34-8-4-10-43(34)16-20(35)13-34/h1,5-6,11-12,15,20,44H,3-4,7-10,13-14,16-18H2,(H,41,45)/t20-,33?,34+/m1/s1. The second-order valence-corrected chi connectivity index (χ2v) is 13.1. The van der Waals surface area contributed by atoms with E-state index >= 15 is 4.39 Å². The third kappa shape index (κ3) is 4.51. The number of phenolic OH excluding ortho intramolecular Hbond substituents is 1. The van der Waals surface area contributed by atoms with Gasteiger partial charge in [-0.25, -0.2) is 13.2 Å². The lowest BCUT2D eigenvalue weighted by Gasteiger charge is -2.49. The zero-order valence-electron chi connectivity index (χ0n) is 25.0. The number of carbonyl (C=O) groups is 1. The first kappa shape index (κ1) is 28.8. The predicted molar refractivity (Wildman–Crippen MR) is 165 cm³/mol. The Morgan fingerprint density at radius 2 is 2.00 bits per heavy atom. The fourth-order valence-electron chi connectivity index (χ4n) is 8.06. The maximum atomic E-state index is 16.8. The number of ether oxygens (including phenoxy) is 1. The molecule has 2 N–H and O–H groups in total. The number of terminal acetylenes is 1. The second-order valence-electron chi connectivity index (χ2n) is 13.1. The van der Waals surface area contributed by atoms with Gasteiger partial charge in [-0.3, -0.25) is 14.7 Å². The minimum absolute atomic E-state index is 0.0139. The summed E-state index contributed by atoms with van der Waals surface area (Å²) < 4.78 is 52.3. The number of halogens is 3. The van der Waals surface area contributed by atoms with Crippen molar-refractivity contribution in [2.45, 2.75) is 55.8 Å². The number of aromatic nitrogens is 3. The molecule has 4 saturated heterocycles. The number of nitrogens with one attached hydrogen (secondary N) is 1. The maximum Gasteiger partial charge on any atom is 0.319 e. The van der Waals surface area contributed by atoms with Crippen LogP contribution in [0.3, 0.4) is 0 Å². The van der Waals surface area contributed by atoms with E-state index in [1.807, 2.05) is 4.90 Å². The van der Waals surface area contributed by atoms with Gasteiger partial charge in [0.05, 0.1) is 28.4 Å². The van der Waals surface area contributed by atoms with Crippen LogP contribution < -0.4 is 15.0 Å². The Hall–Kier alpha value is -4.63. The SMILES string of the molecule is C#Cc1c(F)ccc2cc(O)cc(-c3ncc4c(N5CCCC6(CC(=O)N6)C5)nc(OC[C@@]56CCCN5C[C@H](F)C6)nc4c3F)c12. The van der Waals surface area contributed by atoms with Crippen molar-refractivity contribution in [2.24, 2.45) is 0 Å². The summed E-state index contributed by atoms with van der Waals surface area (Å²) >= 11 is 0. The molecular weight excluding hydrogens is 597 g/mol. The summed E-state index contributed by atoms with van der Waals surface area (Å²) in [6.07, 6.45) is 10.2. The molecule has 2 aromatic carbocycles. The molecule has 9 nitrogen and oxygen atoms in total. The van der Waals surface area contributed by atoms with Gasteiger partial charge in [-0.15, -0.1) is 6.42 Å². The Balaban J connectivity index is 1.27. The van der Waals surface area contributed by atoms with Crippen molar-refractivity contribution in [3.05, 3.63) is 47.7 Å². The number of anilines is 1. The normalized spacial score (nSPS) is 25.9. The van der Waals surface area contributed by atoms with E-state index in [0.717, 1.165) is 32.2 Å². The number of fused-ring (bicyclic) bond motifs is 3. The molecule has 1 amide bonds. The van der Waals surface area contributed by atoms with Gasteiger partial charge < -0.3 is 20.1 Å². The van der Waals surface area contributed by atoms with Gasteiger partial charge >= 0.3 is 6.01 Å². The lowest BCUT2D eigenvalue weighted by atomic mass is 9.80. The average Bonchev–Trinajstić information content (AvgIpc) is 3.55. The average molecular weight is 629 g/mol. The van der Waals surface area contributed by atoms with Crippen LogP contribution in [0.2, 0.25) is 0 Å². The van der Waals surface area contributed by atoms with Gasteiger partial charge in [-0.05, 0) is 55.8 Å². The quantitative estimate of drug-likeness (QED) is 0.244. The Bertz CT molecular complexity index is 1970. The molecule has 1 unspecified atom stereocenters. The number of nitrogens with zero attached hydrogens (tertiary/aromatic N) is 5. The number of pyridine rings is 1. The van der Waals surface area contributed by atoms with E-state index in [2.05, 4.69) is 26.1 Å². The van der Waals surface area contributed by atoms with Crippen molar-refractivity contribution in [2.75, 3.05) is 37.7 Å². The van der Waals surface area contributed by atoms with Crippen LogP contribution in [0.5, 0.6) is 11.8 Å². The van der Waals surface area contributed by atoms with E-state index in [-0.39, 0.29) is 57.5 Å². The fourth-order valence-corrected chi connectivity index (χ4v) is 8.06. The number of piperidine rings is 1. The first-order valence-corrected chi connectivity index (χ1v) is 15.5. The smallest absolute Gasteiger partial charge is 0.319 e. The number of rotatable bonds is 5. The van der Waals surface area contributed by atoms with E-state index < -0.39 is 23.3 Å². The zero-order chi connectivity index (χ0) is 31.8. The van der Waals surface area contributed by atoms with Crippen LogP contribution >= 0.6 is 0 Å². The van der Waals surface area contributed by atoms with Crippen molar-refractivity contribution in [3.63, 3.8) is 0 Å². The molecule has 0 aliphatic carbocycles. The molecule has 46 heavy (non-hydrogen) atoms. The topological polar surface area (TPSA) is 104 Å². The second kappa shape index (κ2) is 10.5. The van der Waals surface area contributed by atoms with Gasteiger partial charge in [0.25, 0.3) is 0 Å². The minimum atomic E-state index is -0.944. The van der Waals surface area contributed by atoms with Crippen molar-refractivity contribution in [1.29, 1.82) is 0 Å². The Labute approximate surface area is 262 Å². The number of carbonyl (C=O) groups excluding carboxylic acids is 1. The lowest BCUT2D eigenvalue weighted by molar-refractivity contribution is -0.133. The first-order valence-electron chi connectivity index (χ1n) is 15.5. The summed E-state index contributed by atoms with van der Waals surface area (Å²) in [5.74, 6) is 1.09. The maximum absolute atomic E-state index is 16.8. The Morgan fingerprint density at radius 1 is 1.17 bits per heavy atom. The van der Waals surface area contributed by atoms with Crippen molar-refractivity contribution in [1.82, 2.24) is 25.2 Å². The molecule has 0 bridgehead atoms. The van der Waals surface area contributed by atoms with Gasteiger partial charge in [0.2, 0.25) is 5.91 Å². The van der Waals surface area contributed by atoms with E-state index in [4.69, 9.17) is 16.1 Å². The molecule has 4 fully saturated rings. The molecule has 4 aliphatic heterocycles. The summed E-state index contributed by atoms with van der Waals surface area (Å²) in [5.41, 5.74) is -1.08. The van der Waals surface area contributed by atoms with Crippen LogP contribution in [0.1, 0.15) is 44.1 Å². The zero-order valence-corrected chi connectivity index (χ0v) is 25.0. The monoisotopic (exact) mass is 628 g/mol. The van der Waals surface area contributed by atoms with Crippen LogP contribution in [0.4, 0.5) is 19.0 Å². The van der Waals surface area contributed by atoms with Crippen LogP contribution in [-0.4, -0.2) is 80.9 Å². The largest absolute Gasteiger partial charge is 0.508 e. The summed E-state index contributed by atoms with van der Waals surface area (Å²) in [4.78, 5) is 29.7. The first-order chi connectivity index (χ1) is 22.2. The fraction of sp³-hybridized carbons (Fsp3) is 0.412. The molecule has 0 radical (unpaired) electrons. The molecule has 12 heteroatoms. The van der Waals surface area contributed by atoms with Crippen molar-refractivity contribution in [3.8, 4) is 35.4 Å². The van der Waals surface area contributed by atoms with Gasteiger partial charge in [0.1, 0.15) is 41.4 Å². The molecule has 4 aliphatic rings. The number of amides is 1. The molecule has 2 aromatic heterocycles. The number of hydrogen-bond acceptors (Lipinski definition) is 8. The number of benzene rings is 2. The summed E-state index contributed by atoms with van der Waals surface area (Å²) in [6, 6.07) is 5.32. The minimum Gasteiger partial charge on any atom is -0.508 e. The lowest BCUT2D eigenvalue weighted by Crippen LogP contribution is -2.68. The highest BCUT2D eigenvalue weighted by Crippen LogP contribution is 2.42. The van der Waals surface area contributed by atoms with Gasteiger partial charge in [-0.2, -0.15) is 9.97 Å². The van der Waals surface area contributed by atoms with Crippen LogP contribution in [0.25, 0.3) is 32.9 Å². The van der Waals surface area contributed by atoms with E-state index in [9.17, 15) is 18.7 Å². The van der Waals surface area contributed by atoms with Gasteiger partial charge in [0, 0.05) is 43.2 Å². The molecular formula is C34H31F3N6O3. The molecule has 1 spiro atoms. The Morgan fingerprint density at radius 3 is 2.80 bits per heavy atom. The predicted octanol–water partition coefficient (Wildman–Crippen LogP) is 4.62. The molecule has 236 valence electrons. The Kier molecular flexibility index (Phi) is 6.55. The highest BCUT2D eigenvalue weighted by atomic mass is 19.1. The van der Waals surface area contributed by atoms with Gasteiger partial charge in [0.15, 0.2) is 5.82 Å². The summed E-state index contributed by atoms with van der Waals surface area (Å²) in [6.45, 7) is 2.38. The molecule has 3 atom stereocenters. The number of hydrogen-bond donors (Lipinski definition) is 2. The van der Waals surface area contributed by atoms with E-state index in [0.29, 0.717) is 49.1 Å². The summed E-state index contributed by atoms with van der Waals surface area (Å²) in [7, 11) is 0. The third-order valence-electron chi connectivity index (χ3n) is 10.1. The molecule has 0 saturated carbocycles. The van der Waals surface area contributed by atoms with E-state index in [1.165, 1.54) is 30.5 Å². The highest BCUT2D eigenvalue weighted by Gasteiger charge is 2.50. The summed E-state index contributed by atoms with van der Waals surface area (Å²) in [5, 5.41) is 14.5. The number of phenols is 1. The van der Waals surface area contributed by atoms with Crippen molar-refractivity contribution < 1.29 is 27.8 Å². The number of β-lactam (4-membered cyclic amide) rings is 1.